The van der Waals surface area contributed by atoms with E-state index in [4.69, 9.17) is 0 Å². The van der Waals surface area contributed by atoms with Crippen molar-refractivity contribution in [3.05, 3.63) is 71.3 Å². The van der Waals surface area contributed by atoms with E-state index in [1.807, 2.05) is 47.9 Å². The van der Waals surface area contributed by atoms with Crippen LogP contribution in [0.2, 0.25) is 0 Å². The Morgan fingerprint density at radius 1 is 1.00 bits per heavy atom. The van der Waals surface area contributed by atoms with E-state index in [2.05, 4.69) is 28.5 Å². The van der Waals surface area contributed by atoms with Crippen molar-refractivity contribution < 1.29 is 14.2 Å². The molecule has 30 heavy (non-hydrogen) atoms. The highest BCUT2D eigenvalue weighted by Gasteiger charge is 2.51. The highest BCUT2D eigenvalue weighted by atomic mass is 16.2. The first-order chi connectivity index (χ1) is 14.5. The summed E-state index contributed by atoms with van der Waals surface area (Å²) in [5.74, 6) is 0.832. The van der Waals surface area contributed by atoms with Gasteiger partial charge < -0.3 is 0 Å². The van der Waals surface area contributed by atoms with Gasteiger partial charge in [0.2, 0.25) is 11.9 Å². The number of aliphatic imine (C=N–C) groups is 1. The topological polar surface area (TPSA) is 68.0 Å². The minimum atomic E-state index is -0.613. The smallest absolute Gasteiger partial charge is 0.274 e. The zero-order valence-electron chi connectivity index (χ0n) is 17.5. The van der Waals surface area contributed by atoms with Crippen molar-refractivity contribution in [1.82, 2.24) is 15.1 Å². The van der Waals surface area contributed by atoms with Gasteiger partial charge in [0, 0.05) is 20.5 Å². The lowest BCUT2D eigenvalue weighted by Gasteiger charge is -2.31. The summed E-state index contributed by atoms with van der Waals surface area (Å²) in [4.78, 5) is 32.7. The van der Waals surface area contributed by atoms with Crippen molar-refractivity contribution in [2.45, 2.75) is 25.9 Å². The number of rotatable bonds is 5. The third-order valence-corrected chi connectivity index (χ3v) is 5.51. The minimum Gasteiger partial charge on any atom is -0.274 e. The third-order valence-electron chi connectivity index (χ3n) is 5.51. The number of carbonyl (C=O) groups is 2. The SMILES string of the molecule is Cc1cccc(C[N+]2=C(NCCc3ccccc3)N=C3C2C(=O)N(C)C(=O)N3C)c1. The van der Waals surface area contributed by atoms with Gasteiger partial charge >= 0.3 is 12.0 Å². The number of likely N-dealkylation sites (N-methyl/N-ethyl adjacent to an activating group) is 2. The highest BCUT2D eigenvalue weighted by Crippen LogP contribution is 2.20. The molecule has 2 aromatic rings. The lowest BCUT2D eigenvalue weighted by Crippen LogP contribution is -2.61. The minimum absolute atomic E-state index is 0.260. The van der Waals surface area contributed by atoms with E-state index in [-0.39, 0.29) is 11.9 Å². The zero-order valence-corrected chi connectivity index (χ0v) is 17.5. The number of aryl methyl sites for hydroxylation is 1. The fourth-order valence-electron chi connectivity index (χ4n) is 3.88. The summed E-state index contributed by atoms with van der Waals surface area (Å²) in [6.45, 7) is 3.24. The third kappa shape index (κ3) is 3.70. The van der Waals surface area contributed by atoms with Crippen molar-refractivity contribution in [2.24, 2.45) is 4.99 Å². The summed E-state index contributed by atoms with van der Waals surface area (Å²) in [5, 5.41) is 3.39. The number of fused-ring (bicyclic) bond motifs is 1. The number of amides is 3. The van der Waals surface area contributed by atoms with Crippen molar-refractivity contribution in [1.29, 1.82) is 0 Å². The Kier molecular flexibility index (Phi) is 5.35. The predicted octanol–water partition coefficient (Wildman–Crippen LogP) is 2.00. The molecular formula is C23H26N5O2+. The van der Waals surface area contributed by atoms with Gasteiger partial charge in [0.25, 0.3) is 5.91 Å². The van der Waals surface area contributed by atoms with Crippen LogP contribution < -0.4 is 5.32 Å². The number of urea groups is 1. The summed E-state index contributed by atoms with van der Waals surface area (Å²) < 4.78 is 1.96. The van der Waals surface area contributed by atoms with E-state index < -0.39 is 6.04 Å². The lowest BCUT2D eigenvalue weighted by molar-refractivity contribution is -0.553. The van der Waals surface area contributed by atoms with Crippen LogP contribution in [-0.4, -0.2) is 64.8 Å². The highest BCUT2D eigenvalue weighted by molar-refractivity contribution is 6.22. The molecule has 2 heterocycles. The maximum absolute atomic E-state index is 13.0. The number of amidine groups is 1. The molecule has 3 amide bonds. The summed E-state index contributed by atoms with van der Waals surface area (Å²) in [6, 6.07) is 17.4. The molecule has 0 aromatic heterocycles. The van der Waals surface area contributed by atoms with E-state index in [0.717, 1.165) is 17.5 Å². The van der Waals surface area contributed by atoms with E-state index in [9.17, 15) is 9.59 Å². The van der Waals surface area contributed by atoms with E-state index in [1.165, 1.54) is 22.4 Å². The maximum Gasteiger partial charge on any atom is 0.390 e. The standard InChI is InChI=1S/C23H25N5O2/c1-16-8-7-11-18(14-16)15-28-19-20(26(2)23(30)27(3)21(19)29)25-22(28)24-13-12-17-9-5-4-6-10-17/h4-11,14,19H,12-13,15H2,1-3H3/p+1. The Morgan fingerprint density at radius 2 is 1.73 bits per heavy atom. The number of imide groups is 1. The van der Waals surface area contributed by atoms with Crippen LogP contribution in [0.3, 0.4) is 0 Å². The number of hydrogen-bond acceptors (Lipinski definition) is 4. The van der Waals surface area contributed by atoms with Crippen LogP contribution in [0.4, 0.5) is 4.79 Å². The molecule has 0 spiro atoms. The van der Waals surface area contributed by atoms with Crippen molar-refractivity contribution in [2.75, 3.05) is 20.6 Å². The van der Waals surface area contributed by atoms with Gasteiger partial charge in [-0.25, -0.2) is 9.37 Å². The second kappa shape index (κ2) is 8.10. The molecule has 1 fully saturated rings. The van der Waals surface area contributed by atoms with E-state index >= 15 is 0 Å². The molecule has 2 aliphatic rings. The molecule has 0 radical (unpaired) electrons. The van der Waals surface area contributed by atoms with Crippen molar-refractivity contribution >= 4 is 23.7 Å². The molecule has 1 atom stereocenters. The fourth-order valence-corrected chi connectivity index (χ4v) is 3.88. The van der Waals surface area contributed by atoms with E-state index in [1.54, 1.807) is 7.05 Å². The Balaban J connectivity index is 1.63. The van der Waals surface area contributed by atoms with Crippen LogP contribution in [-0.2, 0) is 17.8 Å². The van der Waals surface area contributed by atoms with Crippen molar-refractivity contribution in [3.8, 4) is 0 Å². The van der Waals surface area contributed by atoms with Crippen molar-refractivity contribution in [3.63, 3.8) is 0 Å². The Hall–Kier alpha value is -3.48. The van der Waals surface area contributed by atoms with Gasteiger partial charge in [-0.3, -0.25) is 19.9 Å². The maximum atomic E-state index is 13.0. The van der Waals surface area contributed by atoms with Crippen LogP contribution in [0.15, 0.2) is 59.6 Å². The molecule has 1 saturated heterocycles. The molecular weight excluding hydrogens is 378 g/mol. The normalized spacial score (nSPS) is 18.6. The number of hydrogen-bond donors (Lipinski definition) is 1. The first kappa shape index (κ1) is 19.8. The second-order valence-corrected chi connectivity index (χ2v) is 7.71. The lowest BCUT2D eigenvalue weighted by atomic mass is 10.1. The first-order valence-electron chi connectivity index (χ1n) is 10.1. The monoisotopic (exact) mass is 404 g/mol. The van der Waals surface area contributed by atoms with Gasteiger partial charge in [-0.1, -0.05) is 65.2 Å². The summed E-state index contributed by atoms with van der Waals surface area (Å²) in [7, 11) is 3.18. The molecule has 1 N–H and O–H groups in total. The Labute approximate surface area is 176 Å². The number of nitrogens with zero attached hydrogens (tertiary/aromatic N) is 4. The number of guanidine groups is 1. The average molecular weight is 404 g/mol. The fraction of sp³-hybridized carbons (Fsp3) is 0.304. The molecule has 0 saturated carbocycles. The number of benzene rings is 2. The molecule has 0 aliphatic carbocycles. The quantitative estimate of drug-likeness (QED) is 0.775. The zero-order chi connectivity index (χ0) is 21.3. The van der Waals surface area contributed by atoms with Crippen LogP contribution >= 0.6 is 0 Å². The average Bonchev–Trinajstić information content (AvgIpc) is 3.10. The van der Waals surface area contributed by atoms with Gasteiger partial charge in [0.15, 0.2) is 0 Å². The molecule has 7 nitrogen and oxygen atoms in total. The summed E-state index contributed by atoms with van der Waals surface area (Å²) in [5.41, 5.74) is 3.47. The molecule has 2 aliphatic heterocycles. The Bertz CT molecular complexity index is 1040. The van der Waals surface area contributed by atoms with Gasteiger partial charge in [0.1, 0.15) is 0 Å². The molecule has 7 heteroatoms. The van der Waals surface area contributed by atoms with Crippen LogP contribution in [0.1, 0.15) is 16.7 Å². The van der Waals surface area contributed by atoms with Gasteiger partial charge in [-0.2, -0.15) is 0 Å². The number of carbonyl (C=O) groups excluding carboxylic acids is 2. The molecule has 154 valence electrons. The van der Waals surface area contributed by atoms with Crippen LogP contribution in [0, 0.1) is 6.92 Å². The molecule has 4 rings (SSSR count). The second-order valence-electron chi connectivity index (χ2n) is 7.71. The molecule has 0 bridgehead atoms. The van der Waals surface area contributed by atoms with Crippen LogP contribution in [0.25, 0.3) is 0 Å². The predicted molar refractivity (Wildman–Crippen MR) is 115 cm³/mol. The largest absolute Gasteiger partial charge is 0.390 e. The molecule has 2 aromatic carbocycles. The van der Waals surface area contributed by atoms with Gasteiger partial charge in [0.05, 0.1) is 13.1 Å². The van der Waals surface area contributed by atoms with E-state index in [0.29, 0.717) is 24.9 Å². The summed E-state index contributed by atoms with van der Waals surface area (Å²) >= 11 is 0. The van der Waals surface area contributed by atoms with Gasteiger partial charge in [-0.05, 0) is 18.1 Å². The van der Waals surface area contributed by atoms with Crippen LogP contribution in [0.5, 0.6) is 0 Å². The first-order valence-corrected chi connectivity index (χ1v) is 10.1. The molecule has 1 unspecified atom stereocenters. The number of nitrogens with one attached hydrogen (secondary N) is 1. The Morgan fingerprint density at radius 3 is 2.47 bits per heavy atom. The summed E-state index contributed by atoms with van der Waals surface area (Å²) in [6.07, 6.45) is 0.834. The van der Waals surface area contributed by atoms with Gasteiger partial charge in [-0.15, -0.1) is 0 Å².